The Morgan fingerprint density at radius 2 is 2.06 bits per heavy atom. The molecule has 3 aromatic rings. The summed E-state index contributed by atoms with van der Waals surface area (Å²) in [6.07, 6.45) is 0.817. The summed E-state index contributed by atoms with van der Waals surface area (Å²) < 4.78 is 7.04. The summed E-state index contributed by atoms with van der Waals surface area (Å²) in [5.41, 5.74) is 0.193. The van der Waals surface area contributed by atoms with Crippen molar-refractivity contribution in [1.82, 2.24) is 19.8 Å². The summed E-state index contributed by atoms with van der Waals surface area (Å²) in [5, 5.41) is 14.1. The van der Waals surface area contributed by atoms with Gasteiger partial charge in [0.25, 0.3) is 11.8 Å². The fraction of sp³-hybridized carbons (Fsp3) is 0.273. The van der Waals surface area contributed by atoms with Crippen molar-refractivity contribution in [3.05, 3.63) is 69.8 Å². The SMILES string of the molecule is C[C@H]1CO[C@@H]2Cn3cc(C(=O)NCc4ccc5ccccc5n4)c(=O)c(O)c3C(=O)N12. The molecule has 2 amide bonds. The van der Waals surface area contributed by atoms with Gasteiger partial charge in [-0.1, -0.05) is 24.3 Å². The van der Waals surface area contributed by atoms with Crippen LogP contribution in [0.15, 0.2) is 47.4 Å². The summed E-state index contributed by atoms with van der Waals surface area (Å²) in [6.45, 7) is 2.56. The molecule has 9 nitrogen and oxygen atoms in total. The molecule has 0 spiro atoms. The third kappa shape index (κ3) is 3.14. The van der Waals surface area contributed by atoms with Crippen molar-refractivity contribution in [2.24, 2.45) is 0 Å². The molecule has 2 aliphatic heterocycles. The number of pyridine rings is 2. The number of fused-ring (bicyclic) bond motifs is 3. The molecule has 31 heavy (non-hydrogen) atoms. The lowest BCUT2D eigenvalue weighted by molar-refractivity contribution is 0.00624. The van der Waals surface area contributed by atoms with E-state index in [1.807, 2.05) is 37.3 Å². The van der Waals surface area contributed by atoms with Crippen LogP contribution < -0.4 is 10.7 Å². The van der Waals surface area contributed by atoms with Crippen LogP contribution in [0.4, 0.5) is 0 Å². The number of ether oxygens (including phenoxy) is 1. The fourth-order valence-electron chi connectivity index (χ4n) is 4.11. The second kappa shape index (κ2) is 7.21. The minimum Gasteiger partial charge on any atom is -0.503 e. The Hall–Kier alpha value is -3.72. The molecule has 0 saturated carbocycles. The van der Waals surface area contributed by atoms with Crippen LogP contribution in [-0.2, 0) is 17.8 Å². The van der Waals surface area contributed by atoms with Gasteiger partial charge in [0.15, 0.2) is 17.7 Å². The number of carbonyl (C=O) groups excluding carboxylic acids is 2. The van der Waals surface area contributed by atoms with Gasteiger partial charge in [-0.2, -0.15) is 0 Å². The number of nitrogens with one attached hydrogen (secondary N) is 1. The highest BCUT2D eigenvalue weighted by Gasteiger charge is 2.42. The van der Waals surface area contributed by atoms with E-state index in [0.717, 1.165) is 10.9 Å². The van der Waals surface area contributed by atoms with Crippen molar-refractivity contribution in [3.63, 3.8) is 0 Å². The molecule has 1 fully saturated rings. The second-order valence-corrected chi connectivity index (χ2v) is 7.75. The van der Waals surface area contributed by atoms with Gasteiger partial charge in [-0.25, -0.2) is 0 Å². The van der Waals surface area contributed by atoms with Crippen LogP contribution >= 0.6 is 0 Å². The molecule has 9 heteroatoms. The van der Waals surface area contributed by atoms with Crippen LogP contribution in [-0.4, -0.2) is 50.2 Å². The Kier molecular flexibility index (Phi) is 4.48. The number of nitrogens with zero attached hydrogens (tertiary/aromatic N) is 3. The summed E-state index contributed by atoms with van der Waals surface area (Å²) in [5.74, 6) is -1.86. The highest BCUT2D eigenvalue weighted by molar-refractivity contribution is 5.99. The average molecular weight is 420 g/mol. The number of hydrogen-bond acceptors (Lipinski definition) is 6. The molecule has 0 bridgehead atoms. The lowest BCUT2D eigenvalue weighted by atomic mass is 10.1. The quantitative estimate of drug-likeness (QED) is 0.659. The van der Waals surface area contributed by atoms with E-state index in [4.69, 9.17) is 4.74 Å². The number of amides is 2. The van der Waals surface area contributed by atoms with Crippen molar-refractivity contribution in [1.29, 1.82) is 0 Å². The summed E-state index contributed by atoms with van der Waals surface area (Å²) in [4.78, 5) is 44.2. The van der Waals surface area contributed by atoms with Gasteiger partial charge in [-0.15, -0.1) is 0 Å². The van der Waals surface area contributed by atoms with Crippen molar-refractivity contribution in [3.8, 4) is 5.75 Å². The maximum Gasteiger partial charge on any atom is 0.276 e. The van der Waals surface area contributed by atoms with Gasteiger partial charge in [0, 0.05) is 11.6 Å². The summed E-state index contributed by atoms with van der Waals surface area (Å²) >= 11 is 0. The minimum atomic E-state index is -0.880. The Morgan fingerprint density at radius 3 is 2.90 bits per heavy atom. The Balaban J connectivity index is 1.41. The van der Waals surface area contributed by atoms with E-state index in [1.165, 1.54) is 15.7 Å². The number of benzene rings is 1. The molecule has 5 rings (SSSR count). The molecule has 2 aliphatic rings. The molecule has 158 valence electrons. The van der Waals surface area contributed by atoms with Crippen LogP contribution in [0, 0.1) is 0 Å². The van der Waals surface area contributed by atoms with Crippen LogP contribution in [0.5, 0.6) is 5.75 Å². The molecular weight excluding hydrogens is 400 g/mol. The van der Waals surface area contributed by atoms with Gasteiger partial charge in [-0.05, 0) is 19.1 Å². The Morgan fingerprint density at radius 1 is 1.26 bits per heavy atom. The maximum atomic E-state index is 12.8. The number of para-hydroxylation sites is 1. The fourth-order valence-corrected chi connectivity index (χ4v) is 4.11. The molecule has 2 aromatic heterocycles. The molecule has 0 unspecified atom stereocenters. The number of rotatable bonds is 3. The molecule has 0 radical (unpaired) electrons. The van der Waals surface area contributed by atoms with Crippen molar-refractivity contribution >= 4 is 22.7 Å². The highest BCUT2D eigenvalue weighted by atomic mass is 16.5. The predicted octanol–water partition coefficient (Wildman–Crippen LogP) is 1.23. The first-order chi connectivity index (χ1) is 14.9. The Bertz CT molecular complexity index is 1280. The zero-order valence-electron chi connectivity index (χ0n) is 16.7. The van der Waals surface area contributed by atoms with E-state index in [1.54, 1.807) is 6.07 Å². The molecule has 0 aliphatic carbocycles. The van der Waals surface area contributed by atoms with Gasteiger partial charge in [-0.3, -0.25) is 19.4 Å². The topological polar surface area (TPSA) is 114 Å². The number of hydrogen-bond donors (Lipinski definition) is 2. The molecule has 1 aromatic carbocycles. The molecule has 1 saturated heterocycles. The first-order valence-electron chi connectivity index (χ1n) is 9.97. The first-order valence-corrected chi connectivity index (χ1v) is 9.97. The molecule has 2 atom stereocenters. The zero-order valence-corrected chi connectivity index (χ0v) is 16.7. The van der Waals surface area contributed by atoms with E-state index < -0.39 is 29.2 Å². The second-order valence-electron chi connectivity index (χ2n) is 7.75. The zero-order chi connectivity index (χ0) is 21.7. The smallest absolute Gasteiger partial charge is 0.276 e. The van der Waals surface area contributed by atoms with Gasteiger partial charge < -0.3 is 24.6 Å². The first kappa shape index (κ1) is 19.3. The van der Waals surface area contributed by atoms with E-state index in [2.05, 4.69) is 10.3 Å². The van der Waals surface area contributed by atoms with Crippen molar-refractivity contribution in [2.75, 3.05) is 6.61 Å². The van der Waals surface area contributed by atoms with Gasteiger partial charge in [0.05, 0.1) is 36.9 Å². The number of carbonyl (C=O) groups is 2. The van der Waals surface area contributed by atoms with E-state index >= 15 is 0 Å². The summed E-state index contributed by atoms with van der Waals surface area (Å²) in [6, 6.07) is 11.2. The molecule has 2 N–H and O–H groups in total. The largest absolute Gasteiger partial charge is 0.503 e. The van der Waals surface area contributed by atoms with E-state index in [0.29, 0.717) is 12.3 Å². The maximum absolute atomic E-state index is 12.8. The van der Waals surface area contributed by atoms with Crippen LogP contribution in [0.1, 0.15) is 33.5 Å². The lowest BCUT2D eigenvalue weighted by Crippen LogP contribution is -2.49. The average Bonchev–Trinajstić information content (AvgIpc) is 3.15. The van der Waals surface area contributed by atoms with Gasteiger partial charge >= 0.3 is 0 Å². The lowest BCUT2D eigenvalue weighted by Gasteiger charge is -2.33. The van der Waals surface area contributed by atoms with Crippen LogP contribution in [0.3, 0.4) is 0 Å². The van der Waals surface area contributed by atoms with Crippen molar-refractivity contribution in [2.45, 2.75) is 32.3 Å². The van der Waals surface area contributed by atoms with Gasteiger partial charge in [0.1, 0.15) is 5.56 Å². The van der Waals surface area contributed by atoms with Crippen molar-refractivity contribution < 1.29 is 19.4 Å². The van der Waals surface area contributed by atoms with E-state index in [-0.39, 0.29) is 30.4 Å². The minimum absolute atomic E-state index is 0.113. The summed E-state index contributed by atoms with van der Waals surface area (Å²) in [7, 11) is 0. The van der Waals surface area contributed by atoms with Crippen LogP contribution in [0.2, 0.25) is 0 Å². The third-order valence-electron chi connectivity index (χ3n) is 5.69. The highest BCUT2D eigenvalue weighted by Crippen LogP contribution is 2.29. The molecule has 4 heterocycles. The standard InChI is InChI=1S/C22H20N4O5/c1-12-11-31-17-10-25-9-15(19(27)20(28)18(25)22(30)26(12)17)21(29)23-8-14-7-6-13-4-2-3-5-16(13)24-14/h2-7,9,12,17,28H,8,10-11H2,1H3,(H,23,29)/t12-,17+/m0/s1. The monoisotopic (exact) mass is 420 g/mol. The van der Waals surface area contributed by atoms with Crippen LogP contribution in [0.25, 0.3) is 10.9 Å². The van der Waals surface area contributed by atoms with E-state index in [9.17, 15) is 19.5 Å². The normalized spacial score (nSPS) is 19.9. The van der Waals surface area contributed by atoms with Gasteiger partial charge in [0.2, 0.25) is 5.43 Å². The Labute approximate surface area is 176 Å². The predicted molar refractivity (Wildman–Crippen MR) is 111 cm³/mol. The third-order valence-corrected chi connectivity index (χ3v) is 5.69. The molecular formula is C22H20N4O5. The number of aromatic hydroxyl groups is 1. The number of aromatic nitrogens is 2.